The molecule has 0 bridgehead atoms. The van der Waals surface area contributed by atoms with Crippen molar-refractivity contribution in [2.45, 2.75) is 128 Å². The summed E-state index contributed by atoms with van der Waals surface area (Å²) in [5.74, 6) is 0. The molecule has 0 aromatic rings. The molecule has 6 heteroatoms. The molecule has 0 saturated heterocycles. The first-order valence-corrected chi connectivity index (χ1v) is 12.0. The average Bonchev–Trinajstić information content (AvgIpc) is 2.55. The van der Waals surface area contributed by atoms with Crippen LogP contribution in [0.4, 0.5) is 0 Å². The van der Waals surface area contributed by atoms with E-state index in [1.165, 1.54) is 32.1 Å². The fourth-order valence-corrected chi connectivity index (χ4v) is 4.32. The van der Waals surface area contributed by atoms with Crippen molar-refractivity contribution in [3.8, 4) is 0 Å². The summed E-state index contributed by atoms with van der Waals surface area (Å²) in [4.78, 5) is 0. The summed E-state index contributed by atoms with van der Waals surface area (Å²) in [5, 5.41) is 9.22. The van der Waals surface area contributed by atoms with E-state index >= 15 is 0 Å². The summed E-state index contributed by atoms with van der Waals surface area (Å²) >= 11 is 0. The van der Waals surface area contributed by atoms with Crippen LogP contribution in [0.15, 0.2) is 0 Å². The van der Waals surface area contributed by atoms with Gasteiger partial charge in [0.1, 0.15) is 0 Å². The molecule has 0 aromatic carbocycles. The minimum Gasteiger partial charge on any atom is -0.748 e. The molecule has 1 N–H and O–H groups in total. The summed E-state index contributed by atoms with van der Waals surface area (Å²) in [6.07, 6.45) is 16.0. The number of rotatable bonds is 18. The molecule has 2 unspecified atom stereocenters. The number of aliphatic hydroxyl groups is 1. The standard InChI is InChI=1S/C20H42O4S.K/c1-3-5-6-12-16-19(21)17-13-10-8-7-9-11-14-18-20(15-4-2)25(22,23)24;/h19-21H,3-18H2,1-2H3,(H,22,23,24);/q;+1/p-1. The molecule has 152 valence electrons. The smallest absolute Gasteiger partial charge is 0.748 e. The van der Waals surface area contributed by atoms with Crippen molar-refractivity contribution in [2.24, 2.45) is 0 Å². The maximum atomic E-state index is 11.1. The van der Waals surface area contributed by atoms with Gasteiger partial charge in [0.15, 0.2) is 0 Å². The van der Waals surface area contributed by atoms with Crippen LogP contribution in [0.25, 0.3) is 0 Å². The van der Waals surface area contributed by atoms with Crippen LogP contribution in [0.5, 0.6) is 0 Å². The molecule has 0 spiro atoms. The van der Waals surface area contributed by atoms with Crippen LogP contribution >= 0.6 is 0 Å². The summed E-state index contributed by atoms with van der Waals surface area (Å²) < 4.78 is 33.4. The molecule has 0 saturated carbocycles. The van der Waals surface area contributed by atoms with E-state index < -0.39 is 15.4 Å². The molecule has 0 aliphatic rings. The molecule has 0 radical (unpaired) electrons. The Balaban J connectivity index is 0. The Morgan fingerprint density at radius 2 is 1.12 bits per heavy atom. The second-order valence-electron chi connectivity index (χ2n) is 7.46. The molecule has 0 heterocycles. The summed E-state index contributed by atoms with van der Waals surface area (Å²) in [5.41, 5.74) is 0. The van der Waals surface area contributed by atoms with Gasteiger partial charge in [0.25, 0.3) is 0 Å². The normalized spacial score (nSPS) is 14.0. The zero-order valence-electron chi connectivity index (χ0n) is 17.5. The quantitative estimate of drug-likeness (QED) is 0.212. The summed E-state index contributed by atoms with van der Waals surface area (Å²) in [7, 11) is -4.12. The fraction of sp³-hybridized carbons (Fsp3) is 1.00. The van der Waals surface area contributed by atoms with E-state index in [9.17, 15) is 18.1 Å². The predicted octanol–water partition coefficient (Wildman–Crippen LogP) is 2.55. The zero-order valence-corrected chi connectivity index (χ0v) is 21.5. The van der Waals surface area contributed by atoms with Crippen molar-refractivity contribution in [3.63, 3.8) is 0 Å². The zero-order chi connectivity index (χ0) is 19.0. The van der Waals surface area contributed by atoms with Gasteiger partial charge >= 0.3 is 51.4 Å². The van der Waals surface area contributed by atoms with Crippen molar-refractivity contribution in [1.82, 2.24) is 0 Å². The SMILES string of the molecule is CCCCCCC(O)CCCCCCCCCC(CCC)S(=O)(=O)[O-].[K+]. The van der Waals surface area contributed by atoms with Crippen LogP contribution < -0.4 is 51.4 Å². The molecular formula is C20H41KO4S. The third-order valence-electron chi connectivity index (χ3n) is 4.97. The number of hydrogen-bond acceptors (Lipinski definition) is 4. The molecule has 0 aliphatic heterocycles. The fourth-order valence-electron chi connectivity index (χ4n) is 3.34. The Morgan fingerprint density at radius 1 is 0.692 bits per heavy atom. The topological polar surface area (TPSA) is 77.4 Å². The number of aliphatic hydroxyl groups excluding tert-OH is 1. The van der Waals surface area contributed by atoms with E-state index in [1.807, 2.05) is 6.92 Å². The molecule has 0 aromatic heterocycles. The number of unbranched alkanes of at least 4 members (excludes halogenated alkanes) is 9. The van der Waals surface area contributed by atoms with Gasteiger partial charge in [-0.2, -0.15) is 0 Å². The second-order valence-corrected chi connectivity index (χ2v) is 9.11. The van der Waals surface area contributed by atoms with E-state index in [0.29, 0.717) is 12.8 Å². The van der Waals surface area contributed by atoms with Crippen molar-refractivity contribution >= 4 is 10.1 Å². The maximum absolute atomic E-state index is 11.1. The minimum absolute atomic E-state index is 0. The first kappa shape index (κ1) is 29.7. The molecule has 2 atom stereocenters. The monoisotopic (exact) mass is 416 g/mol. The molecule has 0 aliphatic carbocycles. The predicted molar refractivity (Wildman–Crippen MR) is 105 cm³/mol. The Hall–Kier alpha value is 1.51. The third-order valence-corrected chi connectivity index (χ3v) is 6.26. The Labute approximate surface area is 205 Å². The van der Waals surface area contributed by atoms with Crippen molar-refractivity contribution < 1.29 is 69.5 Å². The van der Waals surface area contributed by atoms with Crippen molar-refractivity contribution in [1.29, 1.82) is 0 Å². The Bertz CT molecular complexity index is 387. The Morgan fingerprint density at radius 3 is 1.54 bits per heavy atom. The van der Waals surface area contributed by atoms with Gasteiger partial charge < -0.3 is 9.66 Å². The van der Waals surface area contributed by atoms with Crippen LogP contribution in [0, 0.1) is 0 Å². The van der Waals surface area contributed by atoms with Gasteiger partial charge in [0, 0.05) is 5.25 Å². The number of hydrogen-bond donors (Lipinski definition) is 1. The first-order valence-electron chi connectivity index (χ1n) is 10.5. The molecule has 26 heavy (non-hydrogen) atoms. The molecule has 0 rings (SSSR count). The second kappa shape index (κ2) is 19.8. The van der Waals surface area contributed by atoms with Crippen LogP contribution in [0.1, 0.15) is 117 Å². The summed E-state index contributed by atoms with van der Waals surface area (Å²) in [6, 6.07) is 0. The van der Waals surface area contributed by atoms with Gasteiger partial charge in [0.2, 0.25) is 0 Å². The van der Waals surface area contributed by atoms with Gasteiger partial charge in [0.05, 0.1) is 16.2 Å². The van der Waals surface area contributed by atoms with Crippen molar-refractivity contribution in [2.75, 3.05) is 0 Å². The maximum Gasteiger partial charge on any atom is 1.00 e. The van der Waals surface area contributed by atoms with Crippen molar-refractivity contribution in [3.05, 3.63) is 0 Å². The Kier molecular flexibility index (Phi) is 22.6. The van der Waals surface area contributed by atoms with Gasteiger partial charge in [-0.15, -0.1) is 0 Å². The van der Waals surface area contributed by atoms with Gasteiger partial charge in [-0.1, -0.05) is 90.9 Å². The van der Waals surface area contributed by atoms with Crippen LogP contribution in [0.2, 0.25) is 0 Å². The van der Waals surface area contributed by atoms with Crippen LogP contribution in [-0.4, -0.2) is 29.4 Å². The summed E-state index contributed by atoms with van der Waals surface area (Å²) in [6.45, 7) is 4.12. The molecular weight excluding hydrogens is 375 g/mol. The van der Waals surface area contributed by atoms with E-state index in [-0.39, 0.29) is 57.5 Å². The van der Waals surface area contributed by atoms with E-state index in [1.54, 1.807) is 0 Å². The molecule has 0 amide bonds. The molecule has 0 fully saturated rings. The van der Waals surface area contributed by atoms with Gasteiger partial charge in [-0.3, -0.25) is 0 Å². The van der Waals surface area contributed by atoms with Gasteiger partial charge in [-0.25, -0.2) is 8.42 Å². The van der Waals surface area contributed by atoms with E-state index in [0.717, 1.165) is 57.8 Å². The third kappa shape index (κ3) is 18.9. The van der Waals surface area contributed by atoms with Crippen LogP contribution in [0.3, 0.4) is 0 Å². The van der Waals surface area contributed by atoms with E-state index in [4.69, 9.17) is 0 Å². The minimum atomic E-state index is -4.12. The molecule has 4 nitrogen and oxygen atoms in total. The van der Waals surface area contributed by atoms with Crippen LogP contribution in [-0.2, 0) is 10.1 Å². The first-order chi connectivity index (χ1) is 11.9. The van der Waals surface area contributed by atoms with E-state index in [2.05, 4.69) is 6.92 Å². The largest absolute Gasteiger partial charge is 1.00 e. The average molecular weight is 417 g/mol. The van der Waals surface area contributed by atoms with Gasteiger partial charge in [-0.05, 0) is 25.7 Å².